The van der Waals surface area contributed by atoms with Gasteiger partial charge in [0.05, 0.1) is 11.3 Å². The van der Waals surface area contributed by atoms with Gasteiger partial charge in [0.1, 0.15) is 0 Å². The predicted molar refractivity (Wildman–Crippen MR) is 50.8 cm³/mol. The molecule has 2 N–H and O–H groups in total. The molecule has 0 atom stereocenters. The van der Waals surface area contributed by atoms with Gasteiger partial charge in [0.25, 0.3) is 0 Å². The highest BCUT2D eigenvalue weighted by Gasteiger charge is 2.16. The molecule has 0 aliphatic carbocycles. The third-order valence-corrected chi connectivity index (χ3v) is 1.73. The number of hydrogen-bond donors (Lipinski definition) is 2. The van der Waals surface area contributed by atoms with Crippen molar-refractivity contribution in [2.45, 2.75) is 6.29 Å². The van der Waals surface area contributed by atoms with Gasteiger partial charge in [0, 0.05) is 14.2 Å². The minimum absolute atomic E-state index is 0.168. The number of pyridine rings is 1. The molecule has 1 rings (SSSR count). The molecule has 0 aromatic carbocycles. The van der Waals surface area contributed by atoms with E-state index < -0.39 is 13.4 Å². The number of ether oxygens (including phenoxy) is 2. The second-order valence-electron chi connectivity index (χ2n) is 2.66. The van der Waals surface area contributed by atoms with Crippen LogP contribution in [0.25, 0.3) is 0 Å². The van der Waals surface area contributed by atoms with E-state index in [4.69, 9.17) is 19.5 Å². The van der Waals surface area contributed by atoms with Gasteiger partial charge in [0.15, 0.2) is 0 Å². The predicted octanol–water partition coefficient (Wildman–Crippen LogP) is -0.947. The average molecular weight is 197 g/mol. The molecule has 6 heteroatoms. The molecule has 0 unspecified atom stereocenters. The Morgan fingerprint density at radius 1 is 1.29 bits per heavy atom. The standard InChI is InChI=1S/C8H12BNO4/c1-13-8(14-2)6-4-3-5-7(10-6)9(11)12/h3-5,8,11-12H,1-2H3. The maximum absolute atomic E-state index is 8.89. The van der Waals surface area contributed by atoms with Crippen molar-refractivity contribution in [1.82, 2.24) is 4.98 Å². The van der Waals surface area contributed by atoms with E-state index in [1.54, 1.807) is 12.1 Å². The second kappa shape index (κ2) is 5.06. The van der Waals surface area contributed by atoms with Crippen molar-refractivity contribution in [2.24, 2.45) is 0 Å². The third-order valence-electron chi connectivity index (χ3n) is 1.73. The van der Waals surface area contributed by atoms with E-state index in [1.807, 2.05) is 0 Å². The number of rotatable bonds is 4. The SMILES string of the molecule is COC(OC)c1cccc(B(O)O)n1. The highest BCUT2D eigenvalue weighted by Crippen LogP contribution is 2.12. The maximum Gasteiger partial charge on any atom is 0.508 e. The van der Waals surface area contributed by atoms with Crippen molar-refractivity contribution in [3.8, 4) is 0 Å². The Morgan fingerprint density at radius 2 is 1.93 bits per heavy atom. The Labute approximate surface area is 82.5 Å². The molecule has 0 bridgehead atoms. The third kappa shape index (κ3) is 2.52. The van der Waals surface area contributed by atoms with Crippen LogP contribution in [0.2, 0.25) is 0 Å². The van der Waals surface area contributed by atoms with E-state index in [-0.39, 0.29) is 5.59 Å². The fourth-order valence-electron chi connectivity index (χ4n) is 1.08. The van der Waals surface area contributed by atoms with E-state index in [1.165, 1.54) is 20.3 Å². The van der Waals surface area contributed by atoms with Gasteiger partial charge in [-0.3, -0.25) is 4.98 Å². The normalized spacial score (nSPS) is 10.6. The summed E-state index contributed by atoms with van der Waals surface area (Å²) in [4.78, 5) is 3.96. The lowest BCUT2D eigenvalue weighted by atomic mass is 9.85. The topological polar surface area (TPSA) is 71.8 Å². The van der Waals surface area contributed by atoms with Crippen molar-refractivity contribution in [1.29, 1.82) is 0 Å². The van der Waals surface area contributed by atoms with E-state index in [2.05, 4.69) is 4.98 Å². The first-order valence-corrected chi connectivity index (χ1v) is 4.07. The van der Waals surface area contributed by atoms with Crippen molar-refractivity contribution in [2.75, 3.05) is 14.2 Å². The zero-order valence-corrected chi connectivity index (χ0v) is 8.04. The Morgan fingerprint density at radius 3 is 2.43 bits per heavy atom. The van der Waals surface area contributed by atoms with E-state index >= 15 is 0 Å². The van der Waals surface area contributed by atoms with Gasteiger partial charge in [-0.2, -0.15) is 0 Å². The molecule has 0 fully saturated rings. The van der Waals surface area contributed by atoms with Crippen molar-refractivity contribution >= 4 is 12.7 Å². The second-order valence-corrected chi connectivity index (χ2v) is 2.66. The van der Waals surface area contributed by atoms with Crippen LogP contribution in [0.1, 0.15) is 12.0 Å². The molecule has 0 saturated heterocycles. The van der Waals surface area contributed by atoms with Crippen molar-refractivity contribution in [3.63, 3.8) is 0 Å². The number of aromatic nitrogens is 1. The quantitative estimate of drug-likeness (QED) is 0.481. The highest BCUT2D eigenvalue weighted by atomic mass is 16.7. The zero-order valence-electron chi connectivity index (χ0n) is 8.04. The van der Waals surface area contributed by atoms with E-state index in [9.17, 15) is 0 Å². The lowest BCUT2D eigenvalue weighted by Crippen LogP contribution is -2.33. The maximum atomic E-state index is 8.89. The molecule has 1 aromatic rings. The minimum atomic E-state index is -1.58. The average Bonchev–Trinajstić information content (AvgIpc) is 2.20. The summed E-state index contributed by atoms with van der Waals surface area (Å²) in [5, 5.41) is 17.8. The molecule has 14 heavy (non-hydrogen) atoms. The van der Waals surface area contributed by atoms with Gasteiger partial charge < -0.3 is 19.5 Å². The van der Waals surface area contributed by atoms with Gasteiger partial charge in [-0.05, 0) is 12.1 Å². The van der Waals surface area contributed by atoms with Gasteiger partial charge in [0.2, 0.25) is 6.29 Å². The zero-order chi connectivity index (χ0) is 10.6. The first-order valence-electron chi connectivity index (χ1n) is 4.07. The van der Waals surface area contributed by atoms with Crippen LogP contribution in [0, 0.1) is 0 Å². The Kier molecular flexibility index (Phi) is 4.03. The van der Waals surface area contributed by atoms with Crippen molar-refractivity contribution in [3.05, 3.63) is 23.9 Å². The van der Waals surface area contributed by atoms with Gasteiger partial charge >= 0.3 is 7.12 Å². The molecule has 0 aliphatic heterocycles. The van der Waals surface area contributed by atoms with Crippen LogP contribution >= 0.6 is 0 Å². The fourth-order valence-corrected chi connectivity index (χ4v) is 1.08. The summed E-state index contributed by atoms with van der Waals surface area (Å²) in [6.07, 6.45) is -0.589. The molecule has 5 nitrogen and oxygen atoms in total. The van der Waals surface area contributed by atoms with Gasteiger partial charge in [-0.25, -0.2) is 0 Å². The van der Waals surface area contributed by atoms with Crippen LogP contribution in [0.5, 0.6) is 0 Å². The Bertz CT molecular complexity index is 290. The molecule has 0 aliphatic rings. The Hall–Kier alpha value is -0.945. The number of hydrogen-bond acceptors (Lipinski definition) is 5. The van der Waals surface area contributed by atoms with Crippen LogP contribution in [0.15, 0.2) is 18.2 Å². The van der Waals surface area contributed by atoms with Gasteiger partial charge in [-0.1, -0.05) is 6.07 Å². The lowest BCUT2D eigenvalue weighted by Gasteiger charge is -2.13. The molecule has 76 valence electrons. The molecule has 0 saturated carbocycles. The highest BCUT2D eigenvalue weighted by molar-refractivity contribution is 6.57. The van der Waals surface area contributed by atoms with Crippen LogP contribution in [0.3, 0.4) is 0 Å². The summed E-state index contributed by atoms with van der Waals surface area (Å²) in [5.74, 6) is 0. The number of methoxy groups -OCH3 is 2. The first-order chi connectivity index (χ1) is 6.69. The smallest absolute Gasteiger partial charge is 0.422 e. The van der Waals surface area contributed by atoms with Crippen LogP contribution in [-0.4, -0.2) is 36.4 Å². The summed E-state index contributed by atoms with van der Waals surface area (Å²) < 4.78 is 9.94. The molecule has 0 amide bonds. The molecule has 1 aromatic heterocycles. The summed E-state index contributed by atoms with van der Waals surface area (Å²) in [6.45, 7) is 0. The number of nitrogens with zero attached hydrogens (tertiary/aromatic N) is 1. The Balaban J connectivity index is 2.92. The monoisotopic (exact) mass is 197 g/mol. The molecular weight excluding hydrogens is 185 g/mol. The summed E-state index contributed by atoms with van der Waals surface area (Å²) in [7, 11) is 1.39. The van der Waals surface area contributed by atoms with Crippen LogP contribution in [-0.2, 0) is 9.47 Å². The molecular formula is C8H12BNO4. The largest absolute Gasteiger partial charge is 0.508 e. The van der Waals surface area contributed by atoms with Gasteiger partial charge in [-0.15, -0.1) is 0 Å². The van der Waals surface area contributed by atoms with E-state index in [0.717, 1.165) is 0 Å². The molecule has 0 radical (unpaired) electrons. The fraction of sp³-hybridized carbons (Fsp3) is 0.375. The van der Waals surface area contributed by atoms with Crippen LogP contribution in [0.4, 0.5) is 0 Å². The lowest BCUT2D eigenvalue weighted by molar-refractivity contribution is -0.108. The molecule has 1 heterocycles. The minimum Gasteiger partial charge on any atom is -0.422 e. The molecule has 0 spiro atoms. The summed E-state index contributed by atoms with van der Waals surface area (Å²) >= 11 is 0. The summed E-state index contributed by atoms with van der Waals surface area (Å²) in [5.41, 5.74) is 0.669. The van der Waals surface area contributed by atoms with Crippen LogP contribution < -0.4 is 5.59 Å². The van der Waals surface area contributed by atoms with Crippen molar-refractivity contribution < 1.29 is 19.5 Å². The summed E-state index contributed by atoms with van der Waals surface area (Å²) in [6, 6.07) is 4.85. The first kappa shape index (κ1) is 11.1. The van der Waals surface area contributed by atoms with E-state index in [0.29, 0.717) is 5.69 Å².